The summed E-state index contributed by atoms with van der Waals surface area (Å²) >= 11 is 5.38. The molecule has 2 rings (SSSR count). The summed E-state index contributed by atoms with van der Waals surface area (Å²) in [6, 6.07) is 8.59. The highest BCUT2D eigenvalue weighted by atomic mass is 32.1. The van der Waals surface area contributed by atoms with E-state index in [9.17, 15) is 0 Å². The third-order valence-electron chi connectivity index (χ3n) is 3.70. The van der Waals surface area contributed by atoms with Crippen LogP contribution in [0.25, 0.3) is 0 Å². The van der Waals surface area contributed by atoms with Gasteiger partial charge in [-0.1, -0.05) is 29.8 Å². The molecule has 1 aromatic heterocycles. The lowest BCUT2D eigenvalue weighted by Gasteiger charge is -2.16. The van der Waals surface area contributed by atoms with E-state index < -0.39 is 0 Å². The van der Waals surface area contributed by atoms with Crippen molar-refractivity contribution >= 4 is 17.3 Å². The van der Waals surface area contributed by atoms with E-state index in [1.807, 2.05) is 11.6 Å². The van der Waals surface area contributed by atoms with Crippen molar-refractivity contribution in [2.45, 2.75) is 46.8 Å². The molecule has 0 amide bonds. The second kappa shape index (κ2) is 7.40. The van der Waals surface area contributed by atoms with Crippen molar-refractivity contribution in [1.29, 1.82) is 0 Å². The smallest absolute Gasteiger partial charge is 0.167 e. The molecule has 1 aromatic carbocycles. The number of thiocarbonyl (C=S) groups is 1. The molecule has 0 spiro atoms. The van der Waals surface area contributed by atoms with Crippen LogP contribution < -0.4 is 10.6 Å². The van der Waals surface area contributed by atoms with Crippen LogP contribution in [0, 0.1) is 13.8 Å². The Morgan fingerprint density at radius 2 is 1.95 bits per heavy atom. The molecule has 1 unspecified atom stereocenters. The maximum Gasteiger partial charge on any atom is 0.167 e. The number of nitrogens with one attached hydrogen (secondary N) is 2. The van der Waals surface area contributed by atoms with Gasteiger partial charge in [0.2, 0.25) is 0 Å². The van der Waals surface area contributed by atoms with E-state index >= 15 is 0 Å². The minimum Gasteiger partial charge on any atom is -0.359 e. The molecular formula is C17H24N4S. The van der Waals surface area contributed by atoms with Crippen LogP contribution in [0.2, 0.25) is 0 Å². The topological polar surface area (TPSA) is 41.9 Å². The third-order valence-corrected chi connectivity index (χ3v) is 3.96. The highest BCUT2D eigenvalue weighted by Gasteiger charge is 2.13. The highest BCUT2D eigenvalue weighted by molar-refractivity contribution is 7.80. The van der Waals surface area contributed by atoms with Crippen LogP contribution in [0.1, 0.15) is 42.3 Å². The van der Waals surface area contributed by atoms with Gasteiger partial charge in [-0.05, 0) is 45.5 Å². The predicted molar refractivity (Wildman–Crippen MR) is 94.8 cm³/mol. The first-order valence-electron chi connectivity index (χ1n) is 7.63. The first kappa shape index (κ1) is 16.5. The molecular weight excluding hydrogens is 292 g/mol. The zero-order valence-electron chi connectivity index (χ0n) is 13.7. The fourth-order valence-corrected chi connectivity index (χ4v) is 2.58. The first-order valence-corrected chi connectivity index (χ1v) is 8.04. The molecule has 2 N–H and O–H groups in total. The quantitative estimate of drug-likeness (QED) is 0.831. The van der Waals surface area contributed by atoms with Crippen LogP contribution in [-0.4, -0.2) is 14.9 Å². The lowest BCUT2D eigenvalue weighted by atomic mass is 10.1. The van der Waals surface area contributed by atoms with E-state index in [0.717, 1.165) is 18.8 Å². The zero-order chi connectivity index (χ0) is 16.1. The maximum atomic E-state index is 5.38. The van der Waals surface area contributed by atoms with Crippen molar-refractivity contribution < 1.29 is 0 Å². The van der Waals surface area contributed by atoms with Crippen LogP contribution in [0.4, 0.5) is 0 Å². The molecule has 0 aliphatic carbocycles. The SMILES string of the molecule is CCn1cc(C(C)NC(=S)NCc2ccc(C)cc2)c(C)n1. The Kier molecular flexibility index (Phi) is 5.55. The summed E-state index contributed by atoms with van der Waals surface area (Å²) in [5.74, 6) is 0. The lowest BCUT2D eigenvalue weighted by Crippen LogP contribution is -2.36. The Balaban J connectivity index is 1.88. The molecule has 118 valence electrons. The van der Waals surface area contributed by atoms with Gasteiger partial charge < -0.3 is 10.6 Å². The summed E-state index contributed by atoms with van der Waals surface area (Å²) < 4.78 is 1.95. The van der Waals surface area contributed by atoms with E-state index in [1.165, 1.54) is 16.7 Å². The summed E-state index contributed by atoms with van der Waals surface area (Å²) in [7, 11) is 0. The average molecular weight is 316 g/mol. The Morgan fingerprint density at radius 3 is 2.55 bits per heavy atom. The van der Waals surface area contributed by atoms with Crippen LogP contribution in [0.15, 0.2) is 30.5 Å². The van der Waals surface area contributed by atoms with Crippen LogP contribution >= 0.6 is 12.2 Å². The molecule has 0 aliphatic rings. The van der Waals surface area contributed by atoms with Gasteiger partial charge in [-0.25, -0.2) is 0 Å². The molecule has 0 radical (unpaired) electrons. The third kappa shape index (κ3) is 4.31. The van der Waals surface area contributed by atoms with Crippen LogP contribution in [0.5, 0.6) is 0 Å². The van der Waals surface area contributed by atoms with Crippen molar-refractivity contribution in [3.05, 3.63) is 52.8 Å². The number of nitrogens with zero attached hydrogens (tertiary/aromatic N) is 2. The molecule has 0 saturated heterocycles. The average Bonchev–Trinajstić information content (AvgIpc) is 2.88. The molecule has 22 heavy (non-hydrogen) atoms. The Hall–Kier alpha value is -1.88. The largest absolute Gasteiger partial charge is 0.359 e. The molecule has 1 atom stereocenters. The summed E-state index contributed by atoms with van der Waals surface area (Å²) in [6.45, 7) is 9.91. The minimum atomic E-state index is 0.137. The summed E-state index contributed by atoms with van der Waals surface area (Å²) in [5.41, 5.74) is 4.71. The molecule has 5 heteroatoms. The van der Waals surface area contributed by atoms with Crippen molar-refractivity contribution in [3.63, 3.8) is 0 Å². The molecule has 2 aromatic rings. The van der Waals surface area contributed by atoms with Gasteiger partial charge in [-0.3, -0.25) is 4.68 Å². The van der Waals surface area contributed by atoms with Gasteiger partial charge in [0, 0.05) is 24.8 Å². The van der Waals surface area contributed by atoms with Crippen molar-refractivity contribution in [2.24, 2.45) is 0 Å². The highest BCUT2D eigenvalue weighted by Crippen LogP contribution is 2.15. The molecule has 4 nitrogen and oxygen atoms in total. The number of rotatable bonds is 5. The Labute approximate surface area is 137 Å². The lowest BCUT2D eigenvalue weighted by molar-refractivity contribution is 0.651. The second-order valence-electron chi connectivity index (χ2n) is 5.56. The molecule has 1 heterocycles. The number of hydrogen-bond acceptors (Lipinski definition) is 2. The summed E-state index contributed by atoms with van der Waals surface area (Å²) in [6.07, 6.45) is 2.08. The normalized spacial score (nSPS) is 12.0. The van der Waals surface area contributed by atoms with E-state index in [-0.39, 0.29) is 6.04 Å². The van der Waals surface area contributed by atoms with Gasteiger partial charge in [-0.15, -0.1) is 0 Å². The van der Waals surface area contributed by atoms with Gasteiger partial charge in [0.25, 0.3) is 0 Å². The van der Waals surface area contributed by atoms with Crippen LogP contribution in [-0.2, 0) is 13.1 Å². The van der Waals surface area contributed by atoms with E-state index in [2.05, 4.69) is 67.0 Å². The zero-order valence-corrected chi connectivity index (χ0v) is 14.5. The van der Waals surface area contributed by atoms with Gasteiger partial charge >= 0.3 is 0 Å². The van der Waals surface area contributed by atoms with Gasteiger partial charge in [0.15, 0.2) is 5.11 Å². The molecule has 0 bridgehead atoms. The monoisotopic (exact) mass is 316 g/mol. The van der Waals surface area contributed by atoms with E-state index in [0.29, 0.717) is 5.11 Å². The molecule has 0 saturated carbocycles. The minimum absolute atomic E-state index is 0.137. The Morgan fingerprint density at radius 1 is 1.27 bits per heavy atom. The standard InChI is InChI=1S/C17H24N4S/c1-5-21-11-16(14(4)20-21)13(3)19-17(22)18-10-15-8-6-12(2)7-9-15/h6-9,11,13H,5,10H2,1-4H3,(H2,18,19,22). The van der Waals surface area contributed by atoms with E-state index in [1.54, 1.807) is 0 Å². The van der Waals surface area contributed by atoms with Crippen molar-refractivity contribution in [3.8, 4) is 0 Å². The maximum absolute atomic E-state index is 5.38. The number of hydrogen-bond donors (Lipinski definition) is 2. The number of aryl methyl sites for hydroxylation is 3. The fraction of sp³-hybridized carbons (Fsp3) is 0.412. The summed E-state index contributed by atoms with van der Waals surface area (Å²) in [5, 5.41) is 11.7. The van der Waals surface area contributed by atoms with Crippen LogP contribution in [0.3, 0.4) is 0 Å². The van der Waals surface area contributed by atoms with Crippen molar-refractivity contribution in [2.75, 3.05) is 0 Å². The first-order chi connectivity index (χ1) is 10.5. The molecule has 0 aliphatic heterocycles. The van der Waals surface area contributed by atoms with E-state index in [4.69, 9.17) is 12.2 Å². The molecule has 0 fully saturated rings. The predicted octanol–water partition coefficient (Wildman–Crippen LogP) is 3.25. The second-order valence-corrected chi connectivity index (χ2v) is 5.97. The number of benzene rings is 1. The summed E-state index contributed by atoms with van der Waals surface area (Å²) in [4.78, 5) is 0. The van der Waals surface area contributed by atoms with Crippen molar-refractivity contribution in [1.82, 2.24) is 20.4 Å². The number of aromatic nitrogens is 2. The fourth-order valence-electron chi connectivity index (χ4n) is 2.33. The Bertz CT molecular complexity index is 631. The van der Waals surface area contributed by atoms with Gasteiger partial charge in [-0.2, -0.15) is 5.10 Å². The van der Waals surface area contributed by atoms with Gasteiger partial charge in [0.05, 0.1) is 11.7 Å². The van der Waals surface area contributed by atoms with Gasteiger partial charge in [0.1, 0.15) is 0 Å².